The highest BCUT2D eigenvalue weighted by Gasteiger charge is 2.40. The first-order chi connectivity index (χ1) is 13.6. The topological polar surface area (TPSA) is 53.1 Å². The maximum absolute atomic E-state index is 13.0. The molecule has 28 heavy (non-hydrogen) atoms. The van der Waals surface area contributed by atoms with E-state index in [1.165, 1.54) is 0 Å². The predicted octanol–water partition coefficient (Wildman–Crippen LogP) is 2.38. The van der Waals surface area contributed by atoms with E-state index in [9.17, 15) is 9.59 Å². The van der Waals surface area contributed by atoms with Crippen LogP contribution in [0.15, 0.2) is 0 Å². The molecule has 0 aromatic heterocycles. The first kappa shape index (κ1) is 21.6. The average molecular weight is 394 g/mol. The van der Waals surface area contributed by atoms with E-state index in [1.54, 1.807) is 7.11 Å². The number of nitrogens with zero attached hydrogens (tertiary/aromatic N) is 3. The monoisotopic (exact) mass is 393 g/mol. The summed E-state index contributed by atoms with van der Waals surface area (Å²) in [5.74, 6) is 0.901. The molecule has 3 rings (SSSR count). The number of hydrogen-bond acceptors (Lipinski definition) is 4. The van der Waals surface area contributed by atoms with Gasteiger partial charge in [0.1, 0.15) is 0 Å². The Hall–Kier alpha value is -1.14. The lowest BCUT2D eigenvalue weighted by molar-refractivity contribution is -0.140. The summed E-state index contributed by atoms with van der Waals surface area (Å²) in [5, 5.41) is 0. The molecule has 0 aliphatic carbocycles. The zero-order valence-electron chi connectivity index (χ0n) is 18.0. The molecule has 0 aromatic rings. The van der Waals surface area contributed by atoms with E-state index in [-0.39, 0.29) is 11.8 Å². The zero-order chi connectivity index (χ0) is 20.0. The Morgan fingerprint density at radius 3 is 2.04 bits per heavy atom. The van der Waals surface area contributed by atoms with E-state index in [0.717, 1.165) is 97.4 Å². The standard InChI is InChI=1S/C22H39N3O3/c1-3-20(26)24-14-7-22(8-15-24)9-16-25(17-10-22)21(27)19-5-12-23(13-6-19)11-4-18-28-2/h19H,3-18H2,1-2H3. The fraction of sp³-hybridized carbons (Fsp3) is 0.909. The highest BCUT2D eigenvalue weighted by molar-refractivity contribution is 5.79. The van der Waals surface area contributed by atoms with Crippen LogP contribution in [0.25, 0.3) is 0 Å². The Labute approximate surface area is 170 Å². The molecule has 160 valence electrons. The maximum Gasteiger partial charge on any atom is 0.225 e. The van der Waals surface area contributed by atoms with E-state index >= 15 is 0 Å². The molecule has 6 nitrogen and oxygen atoms in total. The van der Waals surface area contributed by atoms with Crippen LogP contribution in [0.1, 0.15) is 58.3 Å². The van der Waals surface area contributed by atoms with Crippen molar-refractivity contribution < 1.29 is 14.3 Å². The van der Waals surface area contributed by atoms with E-state index in [2.05, 4.69) is 9.80 Å². The number of hydrogen-bond donors (Lipinski definition) is 0. The van der Waals surface area contributed by atoms with Gasteiger partial charge in [0.05, 0.1) is 0 Å². The van der Waals surface area contributed by atoms with Crippen LogP contribution in [0.5, 0.6) is 0 Å². The number of methoxy groups -OCH3 is 1. The van der Waals surface area contributed by atoms with Gasteiger partial charge in [-0.25, -0.2) is 0 Å². The van der Waals surface area contributed by atoms with E-state index in [1.807, 2.05) is 11.8 Å². The van der Waals surface area contributed by atoms with E-state index in [0.29, 0.717) is 17.7 Å². The first-order valence-corrected chi connectivity index (χ1v) is 11.3. The van der Waals surface area contributed by atoms with E-state index < -0.39 is 0 Å². The minimum absolute atomic E-state index is 0.219. The second-order valence-electron chi connectivity index (χ2n) is 9.02. The molecule has 3 heterocycles. The molecular formula is C22H39N3O3. The van der Waals surface area contributed by atoms with Gasteiger partial charge in [0.15, 0.2) is 0 Å². The van der Waals surface area contributed by atoms with Crippen molar-refractivity contribution in [3.05, 3.63) is 0 Å². The lowest BCUT2D eigenvalue weighted by Crippen LogP contribution is -2.51. The van der Waals surface area contributed by atoms with Crippen LogP contribution in [0.2, 0.25) is 0 Å². The average Bonchev–Trinajstić information content (AvgIpc) is 2.74. The first-order valence-electron chi connectivity index (χ1n) is 11.3. The zero-order valence-corrected chi connectivity index (χ0v) is 18.0. The summed E-state index contributed by atoms with van der Waals surface area (Å²) in [6.07, 6.45) is 8.14. The SMILES string of the molecule is CCC(=O)N1CCC2(CC1)CCN(C(=O)C1CCN(CCCOC)CC1)CC2. The number of amides is 2. The molecule has 1 spiro atoms. The van der Waals surface area contributed by atoms with Crippen LogP contribution in [0.3, 0.4) is 0 Å². The third-order valence-corrected chi connectivity index (χ3v) is 7.37. The smallest absolute Gasteiger partial charge is 0.225 e. The van der Waals surface area contributed by atoms with Crippen LogP contribution < -0.4 is 0 Å². The van der Waals surface area contributed by atoms with Gasteiger partial charge in [-0.3, -0.25) is 9.59 Å². The van der Waals surface area contributed by atoms with Gasteiger partial charge in [0.2, 0.25) is 11.8 Å². The summed E-state index contributed by atoms with van der Waals surface area (Å²) in [5.41, 5.74) is 0.367. The number of likely N-dealkylation sites (tertiary alicyclic amines) is 3. The van der Waals surface area contributed by atoms with Gasteiger partial charge in [0.25, 0.3) is 0 Å². The number of carbonyl (C=O) groups excluding carboxylic acids is 2. The lowest BCUT2D eigenvalue weighted by Gasteiger charge is -2.47. The van der Waals surface area contributed by atoms with Gasteiger partial charge in [-0.15, -0.1) is 0 Å². The van der Waals surface area contributed by atoms with Crippen molar-refractivity contribution in [1.29, 1.82) is 0 Å². The van der Waals surface area contributed by atoms with Crippen LogP contribution >= 0.6 is 0 Å². The summed E-state index contributed by atoms with van der Waals surface area (Å²) in [4.78, 5) is 31.6. The van der Waals surface area contributed by atoms with Gasteiger partial charge in [0, 0.05) is 58.8 Å². The Morgan fingerprint density at radius 1 is 0.929 bits per heavy atom. The Morgan fingerprint density at radius 2 is 1.50 bits per heavy atom. The summed E-state index contributed by atoms with van der Waals surface area (Å²) in [6, 6.07) is 0. The molecule has 0 atom stereocenters. The number of piperidine rings is 3. The summed E-state index contributed by atoms with van der Waals surface area (Å²) >= 11 is 0. The number of ether oxygens (including phenoxy) is 1. The molecular weight excluding hydrogens is 354 g/mol. The van der Waals surface area contributed by atoms with Crippen molar-refractivity contribution in [2.45, 2.75) is 58.3 Å². The summed E-state index contributed by atoms with van der Waals surface area (Å²) in [7, 11) is 1.75. The lowest BCUT2D eigenvalue weighted by atomic mass is 9.71. The largest absolute Gasteiger partial charge is 0.385 e. The molecule has 3 aliphatic rings. The third kappa shape index (κ3) is 5.26. The van der Waals surface area contributed by atoms with Crippen LogP contribution in [-0.2, 0) is 14.3 Å². The molecule has 6 heteroatoms. The Bertz CT molecular complexity index is 513. The molecule has 0 saturated carbocycles. The fourth-order valence-corrected chi connectivity index (χ4v) is 5.25. The van der Waals surface area contributed by atoms with Crippen molar-refractivity contribution in [2.75, 3.05) is 59.5 Å². The normalized spacial score (nSPS) is 23.9. The van der Waals surface area contributed by atoms with Gasteiger partial charge >= 0.3 is 0 Å². The molecule has 0 N–H and O–H groups in total. The highest BCUT2D eigenvalue weighted by Crippen LogP contribution is 2.41. The molecule has 2 amide bonds. The predicted molar refractivity (Wildman–Crippen MR) is 110 cm³/mol. The molecule has 0 unspecified atom stereocenters. The van der Waals surface area contributed by atoms with Crippen LogP contribution in [0, 0.1) is 11.3 Å². The maximum atomic E-state index is 13.0. The number of carbonyl (C=O) groups is 2. The van der Waals surface area contributed by atoms with Gasteiger partial charge in [-0.05, 0) is 63.5 Å². The van der Waals surface area contributed by atoms with Gasteiger partial charge in [-0.1, -0.05) is 6.92 Å². The second kappa shape index (κ2) is 10.1. The summed E-state index contributed by atoms with van der Waals surface area (Å²) in [6.45, 7) is 9.56. The molecule has 3 saturated heterocycles. The minimum Gasteiger partial charge on any atom is -0.385 e. The molecule has 3 fully saturated rings. The molecule has 0 aromatic carbocycles. The third-order valence-electron chi connectivity index (χ3n) is 7.37. The van der Waals surface area contributed by atoms with Crippen molar-refractivity contribution >= 4 is 11.8 Å². The molecule has 3 aliphatic heterocycles. The minimum atomic E-state index is 0.219. The van der Waals surface area contributed by atoms with Crippen molar-refractivity contribution in [3.8, 4) is 0 Å². The van der Waals surface area contributed by atoms with Gasteiger partial charge in [-0.2, -0.15) is 0 Å². The van der Waals surface area contributed by atoms with Crippen LogP contribution in [0.4, 0.5) is 0 Å². The molecule has 0 bridgehead atoms. The number of rotatable bonds is 6. The Balaban J connectivity index is 1.39. The van der Waals surface area contributed by atoms with Gasteiger partial charge < -0.3 is 19.4 Å². The quantitative estimate of drug-likeness (QED) is 0.650. The Kier molecular flexibility index (Phi) is 7.75. The van der Waals surface area contributed by atoms with Crippen LogP contribution in [-0.4, -0.2) is 86.0 Å². The second-order valence-corrected chi connectivity index (χ2v) is 9.02. The molecule has 0 radical (unpaired) electrons. The van der Waals surface area contributed by atoms with Crippen molar-refractivity contribution in [1.82, 2.24) is 14.7 Å². The van der Waals surface area contributed by atoms with Crippen molar-refractivity contribution in [3.63, 3.8) is 0 Å². The fourth-order valence-electron chi connectivity index (χ4n) is 5.25. The van der Waals surface area contributed by atoms with E-state index in [4.69, 9.17) is 4.74 Å². The highest BCUT2D eigenvalue weighted by atomic mass is 16.5. The van der Waals surface area contributed by atoms with Crippen molar-refractivity contribution in [2.24, 2.45) is 11.3 Å². The summed E-state index contributed by atoms with van der Waals surface area (Å²) < 4.78 is 5.14.